The van der Waals surface area contributed by atoms with E-state index in [1.807, 2.05) is 6.07 Å². The number of fused-ring (bicyclic) bond motifs is 1. The Labute approximate surface area is 94.7 Å². The summed E-state index contributed by atoms with van der Waals surface area (Å²) < 4.78 is 0. The normalized spacial score (nSPS) is 20.7. The molecule has 2 heterocycles. The van der Waals surface area contributed by atoms with Crippen LogP contribution < -0.4 is 10.6 Å². The van der Waals surface area contributed by atoms with Gasteiger partial charge in [-0.15, -0.1) is 0 Å². The molecule has 82 valence electrons. The molecular formula is C12H14N4. The van der Waals surface area contributed by atoms with Crippen molar-refractivity contribution in [3.05, 3.63) is 18.0 Å². The maximum absolute atomic E-state index is 9.01. The summed E-state index contributed by atoms with van der Waals surface area (Å²) in [6, 6.07) is 4.07. The van der Waals surface area contributed by atoms with Gasteiger partial charge in [0.15, 0.2) is 5.69 Å². The van der Waals surface area contributed by atoms with Gasteiger partial charge >= 0.3 is 0 Å². The predicted molar refractivity (Wildman–Crippen MR) is 62.0 cm³/mol. The lowest BCUT2D eigenvalue weighted by atomic mass is 9.89. The first kappa shape index (κ1) is 9.46. The molecule has 4 heteroatoms. The van der Waals surface area contributed by atoms with Crippen molar-refractivity contribution in [1.82, 2.24) is 4.98 Å². The fourth-order valence-corrected chi connectivity index (χ4v) is 2.71. The van der Waals surface area contributed by atoms with Gasteiger partial charge in [-0.1, -0.05) is 6.42 Å². The van der Waals surface area contributed by atoms with Crippen LogP contribution in [-0.4, -0.2) is 10.6 Å². The van der Waals surface area contributed by atoms with E-state index in [0.717, 1.165) is 24.2 Å². The highest BCUT2D eigenvalue weighted by atomic mass is 15.3. The van der Waals surface area contributed by atoms with Crippen molar-refractivity contribution in [2.45, 2.75) is 37.8 Å². The van der Waals surface area contributed by atoms with Gasteiger partial charge in [-0.05, 0) is 31.7 Å². The Morgan fingerprint density at radius 2 is 2.06 bits per heavy atom. The number of rotatable bonds is 0. The van der Waals surface area contributed by atoms with Crippen molar-refractivity contribution >= 4 is 11.4 Å². The number of nitrogens with zero attached hydrogens (tertiary/aromatic N) is 2. The Morgan fingerprint density at radius 1 is 1.25 bits per heavy atom. The third kappa shape index (κ3) is 1.32. The number of pyridine rings is 1. The molecule has 2 aliphatic rings. The van der Waals surface area contributed by atoms with Crippen molar-refractivity contribution < 1.29 is 0 Å². The van der Waals surface area contributed by atoms with E-state index < -0.39 is 0 Å². The zero-order valence-electron chi connectivity index (χ0n) is 9.08. The maximum Gasteiger partial charge on any atom is 0.165 e. The van der Waals surface area contributed by atoms with Gasteiger partial charge in [-0.25, -0.2) is 4.98 Å². The van der Waals surface area contributed by atoms with Gasteiger partial charge in [0.2, 0.25) is 0 Å². The highest BCUT2D eigenvalue weighted by Crippen LogP contribution is 2.42. The molecule has 1 aliphatic heterocycles. The molecule has 3 rings (SSSR count). The van der Waals surface area contributed by atoms with E-state index in [2.05, 4.69) is 21.7 Å². The van der Waals surface area contributed by atoms with Crippen molar-refractivity contribution in [3.63, 3.8) is 0 Å². The summed E-state index contributed by atoms with van der Waals surface area (Å²) >= 11 is 0. The molecule has 4 nitrogen and oxygen atoms in total. The van der Waals surface area contributed by atoms with E-state index in [4.69, 9.17) is 5.26 Å². The summed E-state index contributed by atoms with van der Waals surface area (Å²) in [5.41, 5.74) is 2.38. The Morgan fingerprint density at radius 3 is 2.81 bits per heavy atom. The predicted octanol–water partition coefficient (Wildman–Crippen LogP) is 2.45. The van der Waals surface area contributed by atoms with E-state index in [1.165, 1.54) is 19.3 Å². The summed E-state index contributed by atoms with van der Waals surface area (Å²) in [4.78, 5) is 4.08. The molecular weight excluding hydrogens is 200 g/mol. The largest absolute Gasteiger partial charge is 0.361 e. The van der Waals surface area contributed by atoms with Gasteiger partial charge in [0.1, 0.15) is 11.7 Å². The molecule has 0 unspecified atom stereocenters. The van der Waals surface area contributed by atoms with Crippen LogP contribution in [-0.2, 0) is 0 Å². The fraction of sp³-hybridized carbons (Fsp3) is 0.500. The molecule has 1 aromatic rings. The average Bonchev–Trinajstić information content (AvgIpc) is 2.67. The van der Waals surface area contributed by atoms with Crippen LogP contribution in [0.1, 0.15) is 37.8 Å². The van der Waals surface area contributed by atoms with Crippen molar-refractivity contribution in [1.29, 1.82) is 5.26 Å². The number of nitriles is 1. The minimum absolute atomic E-state index is 0.0186. The molecule has 1 spiro atoms. The smallest absolute Gasteiger partial charge is 0.165 e. The summed E-state index contributed by atoms with van der Waals surface area (Å²) in [6.45, 7) is 0. The Kier molecular flexibility index (Phi) is 2.00. The molecule has 0 atom stereocenters. The standard InChI is InChI=1S/C12H14N4/c13-8-10-11-9(4-7-14-10)15-12(16-11)5-2-1-3-6-12/h4,7,15-16H,1-3,5-6H2. The highest BCUT2D eigenvalue weighted by molar-refractivity contribution is 5.79. The molecule has 16 heavy (non-hydrogen) atoms. The molecule has 1 aromatic heterocycles. The third-order valence-electron chi connectivity index (χ3n) is 3.50. The SMILES string of the molecule is N#Cc1nccc2c1NC1(CCCCC1)N2. The van der Waals surface area contributed by atoms with Gasteiger partial charge in [0.05, 0.1) is 11.4 Å². The monoisotopic (exact) mass is 214 g/mol. The number of hydrogen-bond donors (Lipinski definition) is 2. The lowest BCUT2D eigenvalue weighted by Gasteiger charge is -2.34. The second-order valence-corrected chi connectivity index (χ2v) is 4.59. The second kappa shape index (κ2) is 3.38. The van der Waals surface area contributed by atoms with E-state index >= 15 is 0 Å². The number of nitrogens with one attached hydrogen (secondary N) is 2. The first-order chi connectivity index (χ1) is 7.83. The quantitative estimate of drug-likeness (QED) is 0.696. The Hall–Kier alpha value is -1.76. The van der Waals surface area contributed by atoms with Gasteiger partial charge in [-0.2, -0.15) is 5.26 Å². The molecule has 0 amide bonds. The minimum atomic E-state index is -0.0186. The van der Waals surface area contributed by atoms with Crippen LogP contribution in [0.15, 0.2) is 12.3 Å². The van der Waals surface area contributed by atoms with Crippen LogP contribution in [0.5, 0.6) is 0 Å². The summed E-state index contributed by atoms with van der Waals surface area (Å²) in [7, 11) is 0. The zero-order valence-corrected chi connectivity index (χ0v) is 9.08. The Balaban J connectivity index is 1.97. The maximum atomic E-state index is 9.01. The minimum Gasteiger partial charge on any atom is -0.361 e. The summed E-state index contributed by atoms with van der Waals surface area (Å²) in [6.07, 6.45) is 7.71. The van der Waals surface area contributed by atoms with E-state index in [1.54, 1.807) is 6.20 Å². The van der Waals surface area contributed by atoms with Gasteiger partial charge in [0, 0.05) is 6.20 Å². The van der Waals surface area contributed by atoms with Crippen LogP contribution >= 0.6 is 0 Å². The van der Waals surface area contributed by atoms with Crippen molar-refractivity contribution in [2.24, 2.45) is 0 Å². The van der Waals surface area contributed by atoms with Crippen LogP contribution in [0.3, 0.4) is 0 Å². The van der Waals surface area contributed by atoms with E-state index in [9.17, 15) is 0 Å². The first-order valence-electron chi connectivity index (χ1n) is 5.78. The van der Waals surface area contributed by atoms with Gasteiger partial charge < -0.3 is 10.6 Å². The molecule has 0 saturated heterocycles. The van der Waals surface area contributed by atoms with Crippen LogP contribution in [0.2, 0.25) is 0 Å². The second-order valence-electron chi connectivity index (χ2n) is 4.59. The molecule has 0 bridgehead atoms. The highest BCUT2D eigenvalue weighted by Gasteiger charge is 2.38. The van der Waals surface area contributed by atoms with Crippen molar-refractivity contribution in [2.75, 3.05) is 10.6 Å². The van der Waals surface area contributed by atoms with Gasteiger partial charge in [-0.3, -0.25) is 0 Å². The lowest BCUT2D eigenvalue weighted by molar-refractivity contribution is 0.367. The Bertz CT molecular complexity index is 455. The summed E-state index contributed by atoms with van der Waals surface area (Å²) in [5.74, 6) is 0. The third-order valence-corrected chi connectivity index (χ3v) is 3.50. The molecule has 0 radical (unpaired) electrons. The lowest BCUT2D eigenvalue weighted by Crippen LogP contribution is -2.43. The molecule has 1 aliphatic carbocycles. The number of aromatic nitrogens is 1. The topological polar surface area (TPSA) is 60.7 Å². The first-order valence-corrected chi connectivity index (χ1v) is 5.78. The number of anilines is 2. The fourth-order valence-electron chi connectivity index (χ4n) is 2.71. The molecule has 0 aromatic carbocycles. The zero-order chi connectivity index (χ0) is 11.0. The average molecular weight is 214 g/mol. The molecule has 2 N–H and O–H groups in total. The molecule has 1 saturated carbocycles. The van der Waals surface area contributed by atoms with Crippen LogP contribution in [0.25, 0.3) is 0 Å². The van der Waals surface area contributed by atoms with Gasteiger partial charge in [0.25, 0.3) is 0 Å². The van der Waals surface area contributed by atoms with E-state index in [-0.39, 0.29) is 5.66 Å². The van der Waals surface area contributed by atoms with Crippen molar-refractivity contribution in [3.8, 4) is 6.07 Å². The molecule has 1 fully saturated rings. The van der Waals surface area contributed by atoms with E-state index in [0.29, 0.717) is 5.69 Å². The van der Waals surface area contributed by atoms with Crippen LogP contribution in [0.4, 0.5) is 11.4 Å². The summed E-state index contributed by atoms with van der Waals surface area (Å²) in [5, 5.41) is 16.0. The number of hydrogen-bond acceptors (Lipinski definition) is 4. The van der Waals surface area contributed by atoms with Crippen LogP contribution in [0, 0.1) is 11.3 Å².